The molecule has 0 aliphatic heterocycles. The Morgan fingerprint density at radius 1 is 1.25 bits per heavy atom. The first kappa shape index (κ1) is 13.0. The van der Waals surface area contributed by atoms with Gasteiger partial charge in [-0.3, -0.25) is 0 Å². The first-order chi connectivity index (χ1) is 9.74. The Bertz CT molecular complexity index is 625. The van der Waals surface area contributed by atoms with Crippen molar-refractivity contribution in [3.63, 3.8) is 0 Å². The van der Waals surface area contributed by atoms with Crippen LogP contribution in [-0.2, 0) is 19.3 Å². The number of halogens is 1. The largest absolute Gasteiger partial charge is 0.369 e. The second-order valence-corrected chi connectivity index (χ2v) is 5.25. The summed E-state index contributed by atoms with van der Waals surface area (Å²) in [4.78, 5) is 8.65. The lowest BCUT2D eigenvalue weighted by Crippen LogP contribution is -2.10. The van der Waals surface area contributed by atoms with Crippen molar-refractivity contribution in [2.24, 2.45) is 0 Å². The zero-order valence-corrected chi connectivity index (χ0v) is 11.6. The maximum Gasteiger partial charge on any atom is 0.132 e. The Morgan fingerprint density at radius 2 is 2.15 bits per heavy atom. The van der Waals surface area contributed by atoms with E-state index in [0.29, 0.717) is 0 Å². The molecule has 20 heavy (non-hydrogen) atoms. The normalized spacial score (nSPS) is 13.3. The summed E-state index contributed by atoms with van der Waals surface area (Å²) in [7, 11) is 0. The third-order valence-electron chi connectivity index (χ3n) is 3.87. The summed E-state index contributed by atoms with van der Waals surface area (Å²) < 4.78 is 13.1. The first-order valence-electron chi connectivity index (χ1n) is 7.05. The van der Waals surface area contributed by atoms with Crippen LogP contribution in [0, 0.1) is 12.7 Å². The molecule has 104 valence electrons. The fourth-order valence-electron chi connectivity index (χ4n) is 2.77. The van der Waals surface area contributed by atoms with Gasteiger partial charge in [0.2, 0.25) is 0 Å². The molecule has 3 rings (SSSR count). The van der Waals surface area contributed by atoms with Crippen LogP contribution in [0.2, 0.25) is 0 Å². The van der Waals surface area contributed by atoms with Gasteiger partial charge in [-0.25, -0.2) is 14.4 Å². The van der Waals surface area contributed by atoms with E-state index in [1.165, 1.54) is 29.3 Å². The minimum atomic E-state index is -0.173. The fourth-order valence-corrected chi connectivity index (χ4v) is 2.77. The summed E-state index contributed by atoms with van der Waals surface area (Å²) in [5.41, 5.74) is 4.62. The van der Waals surface area contributed by atoms with E-state index in [0.717, 1.165) is 37.2 Å². The van der Waals surface area contributed by atoms with Crippen LogP contribution in [0.25, 0.3) is 0 Å². The lowest BCUT2D eigenvalue weighted by atomic mass is 10.1. The van der Waals surface area contributed by atoms with Gasteiger partial charge in [0.15, 0.2) is 0 Å². The van der Waals surface area contributed by atoms with Crippen molar-refractivity contribution in [2.75, 3.05) is 11.9 Å². The Balaban J connectivity index is 1.64. The third-order valence-corrected chi connectivity index (χ3v) is 3.87. The van der Waals surface area contributed by atoms with Crippen molar-refractivity contribution in [3.8, 4) is 0 Å². The molecule has 1 heterocycles. The Kier molecular flexibility index (Phi) is 3.63. The smallest absolute Gasteiger partial charge is 0.132 e. The van der Waals surface area contributed by atoms with Crippen LogP contribution >= 0.6 is 0 Å². The number of nitrogens with zero attached hydrogens (tertiary/aromatic N) is 2. The molecule has 0 radical (unpaired) electrons. The Morgan fingerprint density at radius 3 is 3.00 bits per heavy atom. The molecule has 1 aliphatic carbocycles. The summed E-state index contributed by atoms with van der Waals surface area (Å²) in [6.07, 6.45) is 5.79. The number of rotatable bonds is 4. The number of anilines is 1. The van der Waals surface area contributed by atoms with Crippen molar-refractivity contribution in [2.45, 2.75) is 32.6 Å². The maximum atomic E-state index is 13.1. The molecule has 2 aromatic rings. The lowest BCUT2D eigenvalue weighted by Gasteiger charge is -2.10. The van der Waals surface area contributed by atoms with Crippen LogP contribution in [0.1, 0.15) is 28.8 Å². The summed E-state index contributed by atoms with van der Waals surface area (Å²) >= 11 is 0. The van der Waals surface area contributed by atoms with Gasteiger partial charge >= 0.3 is 0 Å². The zero-order chi connectivity index (χ0) is 13.9. The van der Waals surface area contributed by atoms with E-state index in [4.69, 9.17) is 0 Å². The van der Waals surface area contributed by atoms with E-state index in [1.807, 2.05) is 13.0 Å². The van der Waals surface area contributed by atoms with Gasteiger partial charge < -0.3 is 5.32 Å². The van der Waals surface area contributed by atoms with Crippen LogP contribution in [-0.4, -0.2) is 16.5 Å². The Hall–Kier alpha value is -1.97. The topological polar surface area (TPSA) is 37.8 Å². The summed E-state index contributed by atoms with van der Waals surface area (Å²) in [6.45, 7) is 2.75. The molecule has 0 unspecified atom stereocenters. The van der Waals surface area contributed by atoms with E-state index < -0.39 is 0 Å². The van der Waals surface area contributed by atoms with Gasteiger partial charge in [-0.15, -0.1) is 0 Å². The third kappa shape index (κ3) is 2.64. The van der Waals surface area contributed by atoms with Crippen molar-refractivity contribution in [1.29, 1.82) is 0 Å². The van der Waals surface area contributed by atoms with Crippen LogP contribution in [0.15, 0.2) is 24.5 Å². The molecule has 4 heteroatoms. The predicted octanol–water partition coefficient (Wildman–Crippen LogP) is 3.07. The van der Waals surface area contributed by atoms with Gasteiger partial charge in [-0.05, 0) is 55.9 Å². The van der Waals surface area contributed by atoms with Gasteiger partial charge in [-0.1, -0.05) is 6.07 Å². The molecule has 1 aromatic carbocycles. The van der Waals surface area contributed by atoms with Gasteiger partial charge in [0.1, 0.15) is 18.0 Å². The van der Waals surface area contributed by atoms with Gasteiger partial charge in [0, 0.05) is 17.8 Å². The average molecular weight is 271 g/mol. The number of aryl methyl sites for hydroxylation is 2. The molecule has 0 saturated carbocycles. The second kappa shape index (κ2) is 5.57. The number of benzene rings is 1. The number of hydrogen-bond donors (Lipinski definition) is 1. The minimum Gasteiger partial charge on any atom is -0.369 e. The van der Waals surface area contributed by atoms with Crippen molar-refractivity contribution < 1.29 is 4.39 Å². The van der Waals surface area contributed by atoms with Crippen molar-refractivity contribution in [3.05, 3.63) is 52.7 Å². The van der Waals surface area contributed by atoms with E-state index in [-0.39, 0.29) is 5.82 Å². The quantitative estimate of drug-likeness (QED) is 0.928. The summed E-state index contributed by atoms with van der Waals surface area (Å²) in [5.74, 6) is 0.792. The lowest BCUT2D eigenvalue weighted by molar-refractivity contribution is 0.625. The molecule has 0 bridgehead atoms. The SMILES string of the molecule is Cc1cc(F)ccc1CCNc1ncnc2c1CCC2. The highest BCUT2D eigenvalue weighted by Gasteiger charge is 2.16. The minimum absolute atomic E-state index is 0.173. The molecule has 0 fully saturated rings. The van der Waals surface area contributed by atoms with Crippen LogP contribution in [0.5, 0.6) is 0 Å². The zero-order valence-electron chi connectivity index (χ0n) is 11.6. The van der Waals surface area contributed by atoms with Crippen molar-refractivity contribution >= 4 is 5.82 Å². The summed E-state index contributed by atoms with van der Waals surface area (Å²) in [6, 6.07) is 4.96. The number of fused-ring (bicyclic) bond motifs is 1. The average Bonchev–Trinajstić information content (AvgIpc) is 2.90. The van der Waals surface area contributed by atoms with Crippen LogP contribution < -0.4 is 5.32 Å². The van der Waals surface area contributed by atoms with Crippen molar-refractivity contribution in [1.82, 2.24) is 9.97 Å². The molecular weight excluding hydrogens is 253 g/mol. The first-order valence-corrected chi connectivity index (χ1v) is 7.05. The molecule has 1 aromatic heterocycles. The van der Waals surface area contributed by atoms with E-state index in [1.54, 1.807) is 12.4 Å². The molecule has 1 aliphatic rings. The summed E-state index contributed by atoms with van der Waals surface area (Å²) in [5, 5.41) is 3.39. The van der Waals surface area contributed by atoms with Crippen LogP contribution in [0.3, 0.4) is 0 Å². The fraction of sp³-hybridized carbons (Fsp3) is 0.375. The number of hydrogen-bond acceptors (Lipinski definition) is 3. The maximum absolute atomic E-state index is 13.1. The molecular formula is C16H18FN3. The monoisotopic (exact) mass is 271 g/mol. The second-order valence-electron chi connectivity index (χ2n) is 5.25. The van der Waals surface area contributed by atoms with E-state index >= 15 is 0 Å². The highest BCUT2D eigenvalue weighted by molar-refractivity contribution is 5.48. The Labute approximate surface area is 118 Å². The molecule has 0 saturated heterocycles. The van der Waals surface area contributed by atoms with E-state index in [9.17, 15) is 4.39 Å². The van der Waals surface area contributed by atoms with Gasteiger partial charge in [-0.2, -0.15) is 0 Å². The highest BCUT2D eigenvalue weighted by Crippen LogP contribution is 2.25. The molecule has 3 nitrogen and oxygen atoms in total. The molecule has 0 atom stereocenters. The van der Waals surface area contributed by atoms with Gasteiger partial charge in [0.05, 0.1) is 0 Å². The van der Waals surface area contributed by atoms with Gasteiger partial charge in [0.25, 0.3) is 0 Å². The molecule has 0 spiro atoms. The highest BCUT2D eigenvalue weighted by atomic mass is 19.1. The van der Waals surface area contributed by atoms with Crippen LogP contribution in [0.4, 0.5) is 10.2 Å². The number of nitrogens with one attached hydrogen (secondary N) is 1. The predicted molar refractivity (Wildman–Crippen MR) is 77.4 cm³/mol. The molecule has 1 N–H and O–H groups in total. The standard InChI is InChI=1S/C16H18FN3/c1-11-9-13(17)6-5-12(11)7-8-18-16-14-3-2-4-15(14)19-10-20-16/h5-6,9-10H,2-4,7-8H2,1H3,(H,18,19,20). The molecule has 0 amide bonds. The number of aromatic nitrogens is 2. The van der Waals surface area contributed by atoms with E-state index in [2.05, 4.69) is 15.3 Å².